The summed E-state index contributed by atoms with van der Waals surface area (Å²) in [6.45, 7) is 4.81. The molecule has 1 aliphatic rings. The summed E-state index contributed by atoms with van der Waals surface area (Å²) in [5, 5.41) is 21.9. The summed E-state index contributed by atoms with van der Waals surface area (Å²) < 4.78 is 17.7. The maximum atomic E-state index is 10.7. The van der Waals surface area contributed by atoms with Gasteiger partial charge in [0, 0.05) is 12.8 Å². The Morgan fingerprint density at radius 3 is 1.20 bits per heavy atom. The smallest absolute Gasteiger partial charge is 0.160 e. The van der Waals surface area contributed by atoms with Crippen molar-refractivity contribution in [3.8, 4) is 0 Å². The van der Waals surface area contributed by atoms with Gasteiger partial charge in [-0.3, -0.25) is 0 Å². The predicted octanol–water partition coefficient (Wildman–Crippen LogP) is 12.7. The van der Waals surface area contributed by atoms with E-state index in [9.17, 15) is 10.2 Å². The van der Waals surface area contributed by atoms with Crippen LogP contribution in [0.2, 0.25) is 0 Å². The summed E-state index contributed by atoms with van der Waals surface area (Å²) >= 11 is 11.0. The van der Waals surface area contributed by atoms with Crippen LogP contribution in [0.5, 0.6) is 0 Å². The van der Waals surface area contributed by atoms with Crippen LogP contribution in [-0.4, -0.2) is 57.9 Å². The average molecular weight is 729 g/mol. The molecule has 5 nitrogen and oxygen atoms in total. The largest absolute Gasteiger partial charge is 0.484 e. The van der Waals surface area contributed by atoms with Crippen molar-refractivity contribution in [2.75, 3.05) is 13.2 Å². The van der Waals surface area contributed by atoms with E-state index < -0.39 is 24.4 Å². The van der Waals surface area contributed by atoms with Crippen LogP contribution < -0.4 is 0 Å². The summed E-state index contributed by atoms with van der Waals surface area (Å²) in [5.41, 5.74) is 0. The lowest BCUT2D eigenvalue weighted by atomic mass is 10.00. The van der Waals surface area contributed by atoms with E-state index in [1.165, 1.54) is 173 Å². The Bertz CT molecular complexity index is 751. The lowest BCUT2D eigenvalue weighted by Crippen LogP contribution is -2.56. The van der Waals surface area contributed by atoms with Crippen LogP contribution in [0.15, 0.2) is 0 Å². The van der Waals surface area contributed by atoms with Gasteiger partial charge in [-0.1, -0.05) is 194 Å². The van der Waals surface area contributed by atoms with Crippen LogP contribution in [0.25, 0.3) is 0 Å². The zero-order valence-electron chi connectivity index (χ0n) is 32.3. The molecule has 0 aromatic carbocycles. The van der Waals surface area contributed by atoms with Gasteiger partial charge in [0.1, 0.15) is 24.9 Å². The first-order valence-corrected chi connectivity index (χ1v) is 22.1. The highest BCUT2D eigenvalue weighted by Gasteiger charge is 2.41. The van der Waals surface area contributed by atoms with E-state index in [1.54, 1.807) is 0 Å². The van der Waals surface area contributed by atoms with E-state index in [0.717, 1.165) is 25.7 Å². The number of unbranched alkanes of at least 4 members (excludes halogenated alkanes) is 28. The van der Waals surface area contributed by atoms with Crippen molar-refractivity contribution in [2.45, 2.75) is 244 Å². The fourth-order valence-corrected chi connectivity index (χ4v) is 7.35. The van der Waals surface area contributed by atoms with Gasteiger partial charge in [0.15, 0.2) is 16.2 Å². The Hall–Kier alpha value is -0.340. The lowest BCUT2D eigenvalue weighted by Gasteiger charge is -2.38. The number of aliphatic hydroxyl groups is 2. The van der Waals surface area contributed by atoms with Gasteiger partial charge < -0.3 is 24.4 Å². The molecule has 0 amide bonds. The molecule has 0 aromatic heterocycles. The Kier molecular flexibility index (Phi) is 33.1. The maximum Gasteiger partial charge on any atom is 0.160 e. The van der Waals surface area contributed by atoms with Gasteiger partial charge in [-0.15, -0.1) is 0 Å². The fourth-order valence-electron chi connectivity index (χ4n) is 6.88. The fraction of sp³-hybridized carbons (Fsp3) is 0.952. The highest BCUT2D eigenvalue weighted by Crippen LogP contribution is 2.22. The maximum absolute atomic E-state index is 10.7. The van der Waals surface area contributed by atoms with Gasteiger partial charge >= 0.3 is 0 Å². The number of ether oxygens (including phenoxy) is 3. The van der Waals surface area contributed by atoms with Gasteiger partial charge in [0.2, 0.25) is 0 Å². The van der Waals surface area contributed by atoms with Crippen LogP contribution in [0.4, 0.5) is 0 Å². The van der Waals surface area contributed by atoms with Gasteiger partial charge in [0.25, 0.3) is 0 Å². The van der Waals surface area contributed by atoms with E-state index >= 15 is 0 Å². The van der Waals surface area contributed by atoms with Gasteiger partial charge in [-0.05, 0) is 37.3 Å². The number of aliphatic hydroxyl groups excluding tert-OH is 2. The molecule has 0 spiro atoms. The molecular formula is C42H80O5S2. The van der Waals surface area contributed by atoms with Crippen LogP contribution in [-0.2, 0) is 14.2 Å². The van der Waals surface area contributed by atoms with E-state index in [1.807, 2.05) is 0 Å². The van der Waals surface area contributed by atoms with E-state index in [2.05, 4.69) is 13.8 Å². The molecule has 4 atom stereocenters. The molecule has 2 N–H and O–H groups in total. The highest BCUT2D eigenvalue weighted by molar-refractivity contribution is 7.80. The predicted molar refractivity (Wildman–Crippen MR) is 217 cm³/mol. The minimum Gasteiger partial charge on any atom is -0.484 e. The molecule has 0 aromatic rings. The monoisotopic (exact) mass is 729 g/mol. The molecule has 1 saturated heterocycles. The summed E-state index contributed by atoms with van der Waals surface area (Å²) in [7, 11) is 0. The van der Waals surface area contributed by atoms with Crippen molar-refractivity contribution >= 4 is 34.5 Å². The molecule has 290 valence electrons. The van der Waals surface area contributed by atoms with Gasteiger partial charge in [-0.2, -0.15) is 0 Å². The molecule has 7 heteroatoms. The van der Waals surface area contributed by atoms with Crippen LogP contribution in [0, 0.1) is 0 Å². The van der Waals surface area contributed by atoms with Crippen molar-refractivity contribution in [1.82, 2.24) is 0 Å². The molecule has 0 radical (unpaired) electrons. The molecule has 0 aliphatic carbocycles. The van der Waals surface area contributed by atoms with E-state index in [-0.39, 0.29) is 13.2 Å². The number of hydrogen-bond donors (Lipinski definition) is 2. The first-order valence-electron chi connectivity index (χ1n) is 21.3. The Morgan fingerprint density at radius 1 is 0.510 bits per heavy atom. The number of thiocarbonyl (C=S) groups is 2. The zero-order valence-corrected chi connectivity index (χ0v) is 33.9. The average Bonchev–Trinajstić information content (AvgIpc) is 3.09. The van der Waals surface area contributed by atoms with Crippen molar-refractivity contribution in [1.29, 1.82) is 0 Å². The third kappa shape index (κ3) is 27.9. The Labute approximate surface area is 314 Å². The highest BCUT2D eigenvalue weighted by atomic mass is 32.1. The first kappa shape index (κ1) is 46.7. The van der Waals surface area contributed by atoms with Gasteiger partial charge in [0.05, 0.1) is 6.61 Å². The van der Waals surface area contributed by atoms with Crippen molar-refractivity contribution < 1.29 is 24.4 Å². The number of hydrogen-bond acceptors (Lipinski definition) is 7. The van der Waals surface area contributed by atoms with Gasteiger partial charge in [-0.25, -0.2) is 0 Å². The summed E-state index contributed by atoms with van der Waals surface area (Å²) in [5.74, 6) is 0. The molecular weight excluding hydrogens is 649 g/mol. The molecule has 1 fully saturated rings. The van der Waals surface area contributed by atoms with Crippen LogP contribution >= 0.6 is 24.4 Å². The topological polar surface area (TPSA) is 68.2 Å². The van der Waals surface area contributed by atoms with E-state index in [0.29, 0.717) is 16.5 Å². The second-order valence-corrected chi connectivity index (χ2v) is 15.9. The Morgan fingerprint density at radius 2 is 0.837 bits per heavy atom. The summed E-state index contributed by atoms with van der Waals surface area (Å²) in [4.78, 5) is 0. The molecule has 0 unspecified atom stereocenters. The quantitative estimate of drug-likeness (QED) is 0.0497. The minimum atomic E-state index is -1.06. The molecule has 1 rings (SSSR count). The molecule has 0 saturated carbocycles. The van der Waals surface area contributed by atoms with Crippen LogP contribution in [0.3, 0.4) is 0 Å². The summed E-state index contributed by atoms with van der Waals surface area (Å²) in [6, 6.07) is 0. The van der Waals surface area contributed by atoms with Crippen LogP contribution in [0.1, 0.15) is 219 Å². The van der Waals surface area contributed by atoms with Crippen molar-refractivity contribution in [3.63, 3.8) is 0 Å². The standard InChI is InChI=1S/C42H80O5S2/c1-3-5-7-9-11-13-15-17-19-21-23-25-27-29-31-33-39(48)46-36-38-42(41(44)37(43)35-45-38)47-40(49)34-32-30-28-26-24-22-20-18-16-14-12-10-8-6-4-2/h37-38,41-44H,3-36H2,1-2H3/t37-,38+,41+,42+/m1/s1. The number of rotatable bonds is 35. The molecule has 1 aliphatic heterocycles. The third-order valence-corrected chi connectivity index (χ3v) is 10.8. The lowest BCUT2D eigenvalue weighted by molar-refractivity contribution is -0.189. The second kappa shape index (κ2) is 34.7. The zero-order chi connectivity index (χ0) is 35.6. The normalized spacial score (nSPS) is 19.3. The SMILES string of the molecule is CCCCCCCCCCCCCCCCCC(=S)OC[C@@H]1OC[C@@H](O)[C@H](O)[C@H]1OC(=S)CCCCCCCCCCCCCCCCC. The molecule has 49 heavy (non-hydrogen) atoms. The third-order valence-electron chi connectivity index (χ3n) is 10.2. The molecule has 1 heterocycles. The second-order valence-electron chi connectivity index (χ2n) is 15.0. The minimum absolute atomic E-state index is 0.0483. The molecule has 0 bridgehead atoms. The summed E-state index contributed by atoms with van der Waals surface area (Å²) in [6.07, 6.45) is 38.0. The van der Waals surface area contributed by atoms with Crippen molar-refractivity contribution in [3.05, 3.63) is 0 Å². The van der Waals surface area contributed by atoms with E-state index in [4.69, 9.17) is 38.6 Å². The van der Waals surface area contributed by atoms with Crippen molar-refractivity contribution in [2.24, 2.45) is 0 Å². The Balaban J connectivity index is 2.06. The first-order chi connectivity index (χ1) is 24.0.